The topological polar surface area (TPSA) is 58.9 Å². The summed E-state index contributed by atoms with van der Waals surface area (Å²) in [5, 5.41) is 3.04. The van der Waals surface area contributed by atoms with Gasteiger partial charge in [-0.15, -0.1) is 0 Å². The van der Waals surface area contributed by atoms with Crippen LogP contribution in [0.5, 0.6) is 5.75 Å². The number of nitrogens with zero attached hydrogens (tertiary/aromatic N) is 3. The molecule has 0 saturated carbocycles. The number of urea groups is 1. The number of amides is 2. The number of benzene rings is 2. The molecule has 1 atom stereocenters. The van der Waals surface area contributed by atoms with Gasteiger partial charge in [0.15, 0.2) is 0 Å². The highest BCUT2D eigenvalue weighted by molar-refractivity contribution is 5.89. The van der Waals surface area contributed by atoms with Crippen LogP contribution in [0.3, 0.4) is 0 Å². The van der Waals surface area contributed by atoms with Gasteiger partial charge < -0.3 is 19.4 Å². The van der Waals surface area contributed by atoms with Crippen LogP contribution in [-0.4, -0.2) is 40.5 Å². The molecule has 1 saturated heterocycles. The van der Waals surface area contributed by atoms with Crippen molar-refractivity contribution < 1.29 is 9.53 Å². The number of aromatic nitrogens is 2. The number of fused-ring (bicyclic) bond motifs is 1. The molecule has 0 aliphatic carbocycles. The van der Waals surface area contributed by atoms with Crippen molar-refractivity contribution in [1.82, 2.24) is 14.3 Å². The van der Waals surface area contributed by atoms with Gasteiger partial charge in [0.1, 0.15) is 11.6 Å². The summed E-state index contributed by atoms with van der Waals surface area (Å²) < 4.78 is 7.59. The molecule has 6 heteroatoms. The summed E-state index contributed by atoms with van der Waals surface area (Å²) in [4.78, 5) is 20.0. The zero-order chi connectivity index (χ0) is 22.8. The Morgan fingerprint density at radius 2 is 1.94 bits per heavy atom. The molecule has 0 radical (unpaired) electrons. The Morgan fingerprint density at radius 1 is 1.09 bits per heavy atom. The molecule has 3 heterocycles. The molecule has 4 aromatic rings. The summed E-state index contributed by atoms with van der Waals surface area (Å²) in [6.07, 6.45) is 4.01. The van der Waals surface area contributed by atoms with Gasteiger partial charge in [-0.3, -0.25) is 0 Å². The number of aryl methyl sites for hydroxylation is 1. The fraction of sp³-hybridized carbons (Fsp3) is 0.259. The lowest BCUT2D eigenvalue weighted by Crippen LogP contribution is -2.42. The van der Waals surface area contributed by atoms with Crippen LogP contribution in [0.25, 0.3) is 16.8 Å². The molecule has 1 N–H and O–H groups in total. The highest BCUT2D eigenvalue weighted by Crippen LogP contribution is 2.33. The number of carbonyl (C=O) groups is 1. The SMILES string of the molecule is COc1cccc(-c2nc(C3CCCN(C(=O)Nc4ccc(C)cc4)C3)n3ccccc23)c1. The second-order valence-corrected chi connectivity index (χ2v) is 8.59. The average Bonchev–Trinajstić information content (AvgIpc) is 3.25. The van der Waals surface area contributed by atoms with Gasteiger partial charge in [-0.25, -0.2) is 9.78 Å². The van der Waals surface area contributed by atoms with Gasteiger partial charge >= 0.3 is 6.03 Å². The predicted octanol–water partition coefficient (Wildman–Crippen LogP) is 5.73. The number of carbonyl (C=O) groups excluding carboxylic acids is 1. The highest BCUT2D eigenvalue weighted by Gasteiger charge is 2.28. The van der Waals surface area contributed by atoms with E-state index in [1.165, 1.54) is 5.56 Å². The number of hydrogen-bond donors (Lipinski definition) is 1. The summed E-state index contributed by atoms with van der Waals surface area (Å²) in [7, 11) is 1.67. The van der Waals surface area contributed by atoms with Crippen LogP contribution in [0.1, 0.15) is 30.1 Å². The number of piperidine rings is 1. The minimum absolute atomic E-state index is 0.0579. The summed E-state index contributed by atoms with van der Waals surface area (Å²) >= 11 is 0. The van der Waals surface area contributed by atoms with Gasteiger partial charge in [-0.05, 0) is 56.2 Å². The van der Waals surface area contributed by atoms with Crippen molar-refractivity contribution in [3.8, 4) is 17.0 Å². The zero-order valence-electron chi connectivity index (χ0n) is 19.0. The standard InChI is InChI=1S/C27H28N4O2/c1-19-11-13-22(14-12-19)28-27(32)30-15-6-8-21(18-30)26-29-25(24-10-3-4-16-31(24)26)20-7-5-9-23(17-20)33-2/h3-5,7,9-14,16-17,21H,6,8,15,18H2,1-2H3,(H,28,32). The van der Waals surface area contributed by atoms with Crippen LogP contribution in [0.4, 0.5) is 10.5 Å². The fourth-order valence-electron chi connectivity index (χ4n) is 4.54. The number of likely N-dealkylation sites (tertiary alicyclic amines) is 1. The Kier molecular flexibility index (Phi) is 5.73. The van der Waals surface area contributed by atoms with E-state index in [9.17, 15) is 4.79 Å². The molecule has 0 bridgehead atoms. The Labute approximate surface area is 193 Å². The first-order valence-electron chi connectivity index (χ1n) is 11.4. The molecule has 0 spiro atoms. The minimum Gasteiger partial charge on any atom is -0.497 e. The van der Waals surface area contributed by atoms with Crippen LogP contribution in [0.2, 0.25) is 0 Å². The quantitative estimate of drug-likeness (QED) is 0.441. The van der Waals surface area contributed by atoms with E-state index in [0.717, 1.165) is 53.4 Å². The maximum Gasteiger partial charge on any atom is 0.321 e. The largest absolute Gasteiger partial charge is 0.497 e. The molecule has 2 aromatic carbocycles. The first-order valence-corrected chi connectivity index (χ1v) is 11.4. The van der Waals surface area contributed by atoms with Gasteiger partial charge in [0.25, 0.3) is 0 Å². The normalized spacial score (nSPS) is 16.1. The Balaban J connectivity index is 1.43. The third-order valence-electron chi connectivity index (χ3n) is 6.30. The van der Waals surface area contributed by atoms with Crippen molar-refractivity contribution in [1.29, 1.82) is 0 Å². The molecule has 1 aliphatic heterocycles. The van der Waals surface area contributed by atoms with E-state index < -0.39 is 0 Å². The smallest absolute Gasteiger partial charge is 0.321 e. The fourth-order valence-corrected chi connectivity index (χ4v) is 4.54. The molecular formula is C27H28N4O2. The van der Waals surface area contributed by atoms with Crippen molar-refractivity contribution in [2.75, 3.05) is 25.5 Å². The molecule has 1 unspecified atom stereocenters. The maximum atomic E-state index is 13.0. The molecule has 1 aliphatic rings. The molecule has 5 rings (SSSR count). The molecule has 1 fully saturated rings. The van der Waals surface area contributed by atoms with Crippen LogP contribution >= 0.6 is 0 Å². The lowest BCUT2D eigenvalue weighted by molar-refractivity contribution is 0.191. The van der Waals surface area contributed by atoms with E-state index in [-0.39, 0.29) is 11.9 Å². The van der Waals surface area contributed by atoms with Crippen molar-refractivity contribution in [2.24, 2.45) is 0 Å². The molecule has 168 valence electrons. The molecular weight excluding hydrogens is 412 g/mol. The average molecular weight is 441 g/mol. The van der Waals surface area contributed by atoms with Crippen LogP contribution in [0, 0.1) is 6.92 Å². The lowest BCUT2D eigenvalue weighted by Gasteiger charge is -2.32. The Morgan fingerprint density at radius 3 is 2.76 bits per heavy atom. The first kappa shape index (κ1) is 21.1. The number of ether oxygens (including phenoxy) is 1. The van der Waals surface area contributed by atoms with Crippen molar-refractivity contribution >= 4 is 17.2 Å². The first-order chi connectivity index (χ1) is 16.1. The summed E-state index contributed by atoms with van der Waals surface area (Å²) in [5.74, 6) is 1.97. The van der Waals surface area contributed by atoms with Crippen molar-refractivity contribution in [3.05, 3.63) is 84.3 Å². The number of anilines is 1. The number of hydrogen-bond acceptors (Lipinski definition) is 3. The lowest BCUT2D eigenvalue weighted by atomic mass is 9.97. The third kappa shape index (κ3) is 4.29. The molecule has 2 aromatic heterocycles. The van der Waals surface area contributed by atoms with Crippen LogP contribution in [0.15, 0.2) is 72.9 Å². The number of pyridine rings is 1. The van der Waals surface area contributed by atoms with Gasteiger partial charge in [0.2, 0.25) is 0 Å². The van der Waals surface area contributed by atoms with Gasteiger partial charge in [-0.2, -0.15) is 0 Å². The van der Waals surface area contributed by atoms with E-state index in [4.69, 9.17) is 9.72 Å². The second-order valence-electron chi connectivity index (χ2n) is 8.59. The van der Waals surface area contributed by atoms with Gasteiger partial charge in [-0.1, -0.05) is 35.9 Å². The monoisotopic (exact) mass is 440 g/mol. The molecule has 33 heavy (non-hydrogen) atoms. The van der Waals surface area contributed by atoms with E-state index >= 15 is 0 Å². The summed E-state index contributed by atoms with van der Waals surface area (Å²) in [6.45, 7) is 3.43. The minimum atomic E-state index is -0.0579. The van der Waals surface area contributed by atoms with E-state index in [1.54, 1.807) is 7.11 Å². The van der Waals surface area contributed by atoms with Crippen LogP contribution in [-0.2, 0) is 0 Å². The highest BCUT2D eigenvalue weighted by atomic mass is 16.5. The summed E-state index contributed by atoms with van der Waals surface area (Å²) in [6, 6.07) is 22.0. The molecule has 6 nitrogen and oxygen atoms in total. The van der Waals surface area contributed by atoms with E-state index in [0.29, 0.717) is 6.54 Å². The number of imidazole rings is 1. The second kappa shape index (κ2) is 8.98. The molecule has 2 amide bonds. The predicted molar refractivity (Wildman–Crippen MR) is 131 cm³/mol. The van der Waals surface area contributed by atoms with Gasteiger partial charge in [0, 0.05) is 36.5 Å². The third-order valence-corrected chi connectivity index (χ3v) is 6.30. The van der Waals surface area contributed by atoms with Crippen LogP contribution < -0.4 is 10.1 Å². The van der Waals surface area contributed by atoms with E-state index in [2.05, 4.69) is 28.0 Å². The van der Waals surface area contributed by atoms with Gasteiger partial charge in [0.05, 0.1) is 18.3 Å². The van der Waals surface area contributed by atoms with E-state index in [1.807, 2.05) is 66.4 Å². The Hall–Kier alpha value is -3.80. The Bertz CT molecular complexity index is 1280. The number of rotatable bonds is 4. The van der Waals surface area contributed by atoms with Crippen molar-refractivity contribution in [2.45, 2.75) is 25.7 Å². The maximum absolute atomic E-state index is 13.0. The number of nitrogens with one attached hydrogen (secondary N) is 1. The summed E-state index contributed by atoms with van der Waals surface area (Å²) in [5.41, 5.74) is 5.00. The number of methoxy groups -OCH3 is 1. The zero-order valence-corrected chi connectivity index (χ0v) is 19.0. The van der Waals surface area contributed by atoms with Crippen molar-refractivity contribution in [3.63, 3.8) is 0 Å².